The zero-order valence-corrected chi connectivity index (χ0v) is 8.99. The summed E-state index contributed by atoms with van der Waals surface area (Å²) in [5.41, 5.74) is 0. The third-order valence-electron chi connectivity index (χ3n) is 2.56. The van der Waals surface area contributed by atoms with Crippen molar-refractivity contribution in [1.29, 1.82) is 0 Å². The van der Waals surface area contributed by atoms with Crippen LogP contribution in [-0.4, -0.2) is 37.1 Å². The van der Waals surface area contributed by atoms with E-state index in [0.717, 1.165) is 25.9 Å². The minimum Gasteiger partial charge on any atom is -0.343 e. The van der Waals surface area contributed by atoms with Gasteiger partial charge in [-0.1, -0.05) is 0 Å². The molecule has 1 amide bonds. The first-order chi connectivity index (χ1) is 6.74. The van der Waals surface area contributed by atoms with Crippen molar-refractivity contribution in [3.8, 4) is 0 Å². The lowest BCUT2D eigenvalue weighted by atomic mass is 9.98. The van der Waals surface area contributed by atoms with Gasteiger partial charge >= 0.3 is 0 Å². The number of likely N-dealkylation sites (tertiary alicyclic amines) is 1. The third kappa shape index (κ3) is 3.64. The maximum absolute atomic E-state index is 11.0. The van der Waals surface area contributed by atoms with Crippen LogP contribution in [0.15, 0.2) is 0 Å². The predicted molar refractivity (Wildman–Crippen MR) is 52.6 cm³/mol. The Morgan fingerprint density at radius 2 is 2.00 bits per heavy atom. The molecule has 0 aromatic carbocycles. The van der Waals surface area contributed by atoms with Gasteiger partial charge in [-0.3, -0.25) is 4.79 Å². The van der Waals surface area contributed by atoms with E-state index in [1.54, 1.807) is 6.92 Å². The fourth-order valence-electron chi connectivity index (χ4n) is 1.64. The van der Waals surface area contributed by atoms with Crippen molar-refractivity contribution in [2.45, 2.75) is 26.7 Å². The fourth-order valence-corrected chi connectivity index (χ4v) is 1.64. The van der Waals surface area contributed by atoms with Crippen LogP contribution in [0.5, 0.6) is 0 Å². The lowest BCUT2D eigenvalue weighted by Gasteiger charge is -2.30. The largest absolute Gasteiger partial charge is 0.343 e. The number of nitrogens with zero attached hydrogens (tertiary/aromatic N) is 1. The van der Waals surface area contributed by atoms with E-state index in [1.165, 1.54) is 0 Å². The van der Waals surface area contributed by atoms with E-state index in [4.69, 9.17) is 9.78 Å². The van der Waals surface area contributed by atoms with Crippen LogP contribution in [0, 0.1) is 5.92 Å². The first kappa shape index (κ1) is 11.5. The van der Waals surface area contributed by atoms with E-state index < -0.39 is 0 Å². The van der Waals surface area contributed by atoms with Crippen LogP contribution in [0.1, 0.15) is 26.7 Å². The number of hydrogen-bond acceptors (Lipinski definition) is 3. The van der Waals surface area contributed by atoms with Crippen molar-refractivity contribution in [3.63, 3.8) is 0 Å². The van der Waals surface area contributed by atoms with Crippen molar-refractivity contribution < 1.29 is 14.6 Å². The van der Waals surface area contributed by atoms with Gasteiger partial charge in [-0.2, -0.15) is 0 Å². The van der Waals surface area contributed by atoms with E-state index in [-0.39, 0.29) is 5.91 Å². The molecule has 0 aromatic rings. The summed E-state index contributed by atoms with van der Waals surface area (Å²) in [6, 6.07) is 0. The van der Waals surface area contributed by atoms with E-state index >= 15 is 0 Å². The molecule has 1 rings (SSSR count). The van der Waals surface area contributed by atoms with Crippen LogP contribution >= 0.6 is 0 Å². The van der Waals surface area contributed by atoms with Gasteiger partial charge in [-0.15, -0.1) is 0 Å². The number of rotatable bonds is 4. The molecule has 0 spiro atoms. The highest BCUT2D eigenvalue weighted by atomic mass is 17.2. The molecule has 0 saturated carbocycles. The molecule has 0 unspecified atom stereocenters. The Hall–Kier alpha value is -0.610. The lowest BCUT2D eigenvalue weighted by Crippen LogP contribution is -2.38. The van der Waals surface area contributed by atoms with Crippen LogP contribution in [0.2, 0.25) is 0 Å². The van der Waals surface area contributed by atoms with Gasteiger partial charge in [0.05, 0.1) is 13.2 Å². The highest BCUT2D eigenvalue weighted by Crippen LogP contribution is 2.17. The molecule has 1 fully saturated rings. The number of carbonyl (C=O) groups excluding carboxylic acids is 1. The second-order valence-electron chi connectivity index (χ2n) is 3.64. The summed E-state index contributed by atoms with van der Waals surface area (Å²) in [5.74, 6) is 0.714. The first-order valence-corrected chi connectivity index (χ1v) is 5.24. The highest BCUT2D eigenvalue weighted by molar-refractivity contribution is 5.73. The van der Waals surface area contributed by atoms with Gasteiger partial charge in [0.1, 0.15) is 0 Å². The van der Waals surface area contributed by atoms with Crippen LogP contribution in [0.3, 0.4) is 0 Å². The summed E-state index contributed by atoms with van der Waals surface area (Å²) in [6.07, 6.45) is 2.04. The summed E-state index contributed by atoms with van der Waals surface area (Å²) < 4.78 is 0. The van der Waals surface area contributed by atoms with Crippen molar-refractivity contribution in [1.82, 2.24) is 4.90 Å². The van der Waals surface area contributed by atoms with Gasteiger partial charge in [0.2, 0.25) is 5.91 Å². The second-order valence-corrected chi connectivity index (χ2v) is 3.64. The Balaban J connectivity index is 2.12. The van der Waals surface area contributed by atoms with E-state index in [1.807, 2.05) is 11.8 Å². The molecule has 4 nitrogen and oxygen atoms in total. The van der Waals surface area contributed by atoms with Crippen molar-refractivity contribution in [2.24, 2.45) is 5.92 Å². The standard InChI is InChI=1S/C10H19NO3/c1-3-13-14-8-10-4-6-11(7-5-10)9(2)12/h10H,3-8H2,1-2H3. The molecule has 1 aliphatic heterocycles. The Bertz CT molecular complexity index is 176. The Morgan fingerprint density at radius 1 is 1.36 bits per heavy atom. The van der Waals surface area contributed by atoms with Crippen LogP contribution in [0.4, 0.5) is 0 Å². The number of amides is 1. The van der Waals surface area contributed by atoms with Crippen molar-refractivity contribution >= 4 is 5.91 Å². The Labute approximate surface area is 85.1 Å². The van der Waals surface area contributed by atoms with E-state index in [0.29, 0.717) is 19.1 Å². The zero-order valence-electron chi connectivity index (χ0n) is 8.99. The molecule has 1 aliphatic rings. The second kappa shape index (κ2) is 5.98. The molecule has 14 heavy (non-hydrogen) atoms. The lowest BCUT2D eigenvalue weighted by molar-refractivity contribution is -0.299. The monoisotopic (exact) mass is 201 g/mol. The zero-order chi connectivity index (χ0) is 10.4. The maximum Gasteiger partial charge on any atom is 0.219 e. The summed E-state index contributed by atoms with van der Waals surface area (Å²) >= 11 is 0. The minimum absolute atomic E-state index is 0.175. The quantitative estimate of drug-likeness (QED) is 0.390. The van der Waals surface area contributed by atoms with Gasteiger partial charge in [-0.25, -0.2) is 9.78 Å². The SMILES string of the molecule is CCOOCC1CCN(C(C)=O)CC1. The Morgan fingerprint density at radius 3 is 2.50 bits per heavy atom. The van der Waals surface area contributed by atoms with Gasteiger partial charge in [-0.05, 0) is 25.7 Å². The van der Waals surface area contributed by atoms with Crippen LogP contribution in [0.25, 0.3) is 0 Å². The van der Waals surface area contributed by atoms with Gasteiger partial charge in [0.15, 0.2) is 0 Å². The number of piperidine rings is 1. The molecule has 4 heteroatoms. The van der Waals surface area contributed by atoms with Crippen molar-refractivity contribution in [2.75, 3.05) is 26.3 Å². The summed E-state index contributed by atoms with van der Waals surface area (Å²) in [4.78, 5) is 22.8. The molecular weight excluding hydrogens is 182 g/mol. The fraction of sp³-hybridized carbons (Fsp3) is 0.900. The first-order valence-electron chi connectivity index (χ1n) is 5.24. The summed E-state index contributed by atoms with van der Waals surface area (Å²) in [5, 5.41) is 0. The van der Waals surface area contributed by atoms with Gasteiger partial charge in [0, 0.05) is 20.0 Å². The molecule has 0 radical (unpaired) electrons. The summed E-state index contributed by atoms with van der Waals surface area (Å²) in [7, 11) is 0. The van der Waals surface area contributed by atoms with Crippen LogP contribution < -0.4 is 0 Å². The smallest absolute Gasteiger partial charge is 0.219 e. The predicted octanol–water partition coefficient (Wildman–Crippen LogP) is 1.21. The average molecular weight is 201 g/mol. The molecule has 0 N–H and O–H groups in total. The molecule has 0 aromatic heterocycles. The number of hydrogen-bond donors (Lipinski definition) is 0. The number of carbonyl (C=O) groups is 1. The minimum atomic E-state index is 0.175. The summed E-state index contributed by atoms with van der Waals surface area (Å²) in [6.45, 7) is 6.48. The molecule has 0 aliphatic carbocycles. The third-order valence-corrected chi connectivity index (χ3v) is 2.56. The van der Waals surface area contributed by atoms with Crippen molar-refractivity contribution in [3.05, 3.63) is 0 Å². The molecule has 82 valence electrons. The van der Waals surface area contributed by atoms with E-state index in [2.05, 4.69) is 0 Å². The molecular formula is C10H19NO3. The highest BCUT2D eigenvalue weighted by Gasteiger charge is 2.20. The normalized spacial score (nSPS) is 18.6. The molecule has 0 atom stereocenters. The maximum atomic E-state index is 11.0. The van der Waals surface area contributed by atoms with Gasteiger partial charge < -0.3 is 4.90 Å². The topological polar surface area (TPSA) is 38.8 Å². The molecule has 1 heterocycles. The molecule has 0 bridgehead atoms. The Kier molecular flexibility index (Phi) is 4.90. The van der Waals surface area contributed by atoms with E-state index in [9.17, 15) is 4.79 Å². The molecule has 1 saturated heterocycles. The average Bonchev–Trinajstić information content (AvgIpc) is 2.19. The van der Waals surface area contributed by atoms with Gasteiger partial charge in [0.25, 0.3) is 0 Å². The van der Waals surface area contributed by atoms with Crippen LogP contribution in [-0.2, 0) is 14.6 Å².